The van der Waals surface area contributed by atoms with E-state index in [4.69, 9.17) is 4.79 Å². The van der Waals surface area contributed by atoms with Crippen LogP contribution in [-0.2, 0) is 20.8 Å². The molecule has 0 atom stereocenters. The van der Waals surface area contributed by atoms with Crippen molar-refractivity contribution in [2.75, 3.05) is 0 Å². The summed E-state index contributed by atoms with van der Waals surface area (Å²) in [5.74, 6) is 0. The molecule has 1 aliphatic rings. The molecule has 0 fully saturated rings. The maximum absolute atomic E-state index is 7.50. The summed E-state index contributed by atoms with van der Waals surface area (Å²) < 4.78 is 1.28. The summed E-state index contributed by atoms with van der Waals surface area (Å²) in [7, 11) is 0. The Morgan fingerprint density at radius 3 is 2.38 bits per heavy atom. The van der Waals surface area contributed by atoms with Crippen LogP contribution in [0.2, 0.25) is 0 Å². The van der Waals surface area contributed by atoms with Gasteiger partial charge in [-0.3, -0.25) is 4.79 Å². The predicted molar refractivity (Wildman–Crippen MR) is 27.5 cm³/mol. The van der Waals surface area contributed by atoms with Crippen LogP contribution < -0.4 is 0 Å². The Balaban J connectivity index is 0.000000222. The molecule has 0 aromatic heterocycles. The van der Waals surface area contributed by atoms with Crippen molar-refractivity contribution in [3.8, 4) is 0 Å². The molecule has 0 aromatic rings. The van der Waals surface area contributed by atoms with Gasteiger partial charge < -0.3 is 0 Å². The van der Waals surface area contributed by atoms with Crippen LogP contribution in [0.4, 0.5) is 0 Å². The topological polar surface area (TPSA) is 17.1 Å². The molecule has 0 saturated carbocycles. The van der Waals surface area contributed by atoms with Gasteiger partial charge in [0.25, 0.3) is 6.79 Å². The summed E-state index contributed by atoms with van der Waals surface area (Å²) in [6.45, 7) is 4.50. The molecule has 1 aliphatic carbocycles. The molecular formula is C6H5MnO. The van der Waals surface area contributed by atoms with Crippen molar-refractivity contribution in [2.24, 2.45) is 0 Å². The molecule has 2 heteroatoms. The molecule has 0 saturated heterocycles. The molecule has 1 nitrogen and oxygen atoms in total. The Morgan fingerprint density at radius 1 is 1.62 bits per heavy atom. The average Bonchev–Trinajstić information content (AvgIpc) is 2.24. The number of allylic oxidation sites excluding steroid dienone is 4. The van der Waals surface area contributed by atoms with Crippen molar-refractivity contribution < 1.29 is 20.8 Å². The van der Waals surface area contributed by atoms with E-state index >= 15 is 0 Å². The van der Waals surface area contributed by atoms with E-state index in [1.165, 1.54) is 4.47 Å². The first-order valence-corrected chi connectivity index (χ1v) is 2.70. The summed E-state index contributed by atoms with van der Waals surface area (Å²) in [4.78, 5) is 7.50. The van der Waals surface area contributed by atoms with Gasteiger partial charge in [0.05, 0.1) is 0 Å². The summed E-state index contributed by atoms with van der Waals surface area (Å²) >= 11 is 3.34. The van der Waals surface area contributed by atoms with E-state index in [0.29, 0.717) is 0 Å². The summed E-state index contributed by atoms with van der Waals surface area (Å²) in [6, 6.07) is 0. The molecule has 8 heavy (non-hydrogen) atoms. The normalized spacial score (nSPS) is 14.4. The second-order valence-electron chi connectivity index (χ2n) is 1.25. The first kappa shape index (κ1) is 7.67. The van der Waals surface area contributed by atoms with Crippen molar-refractivity contribution >= 4 is 6.79 Å². The van der Waals surface area contributed by atoms with Crippen molar-refractivity contribution in [1.29, 1.82) is 0 Å². The third-order valence-corrected chi connectivity index (χ3v) is 1.16. The van der Waals surface area contributed by atoms with E-state index in [-0.39, 0.29) is 0 Å². The third-order valence-electron chi connectivity index (χ3n) is 0.726. The van der Waals surface area contributed by atoms with Crippen LogP contribution >= 0.6 is 0 Å². The van der Waals surface area contributed by atoms with Gasteiger partial charge in [-0.1, -0.05) is 0 Å². The molecule has 1 rings (SSSR count). The van der Waals surface area contributed by atoms with Crippen molar-refractivity contribution in [3.63, 3.8) is 0 Å². The number of carbonyl (C=O) groups excluding carboxylic acids is 1. The molecule has 42 valence electrons. The van der Waals surface area contributed by atoms with Crippen LogP contribution in [0.25, 0.3) is 0 Å². The second kappa shape index (κ2) is 4.82. The Hall–Kier alpha value is -0.331. The number of hydrogen-bond acceptors (Lipinski definition) is 1. The maximum atomic E-state index is 7.50. The van der Waals surface area contributed by atoms with Crippen LogP contribution in [0.15, 0.2) is 22.7 Å². The van der Waals surface area contributed by atoms with Crippen LogP contribution in [0.5, 0.6) is 0 Å². The van der Waals surface area contributed by atoms with Gasteiger partial charge in [-0.2, -0.15) is 0 Å². The quantitative estimate of drug-likeness (QED) is 0.468. The Kier molecular flexibility index (Phi) is 4.62. The van der Waals surface area contributed by atoms with Gasteiger partial charge in [0.1, 0.15) is 0 Å². The fourth-order valence-electron chi connectivity index (χ4n) is 0.421. The predicted octanol–water partition coefficient (Wildman–Crippen LogP) is 0.980. The molecular weight excluding hydrogens is 143 g/mol. The van der Waals surface area contributed by atoms with E-state index in [2.05, 4.69) is 35.0 Å². The zero-order valence-corrected chi connectivity index (χ0v) is 5.41. The molecule has 0 bridgehead atoms. The van der Waals surface area contributed by atoms with Gasteiger partial charge in [0, 0.05) is 0 Å². The Morgan fingerprint density at radius 2 is 2.25 bits per heavy atom. The SMILES string of the molecule is [C]=O.[Mn][C]1=CC=CC1. The first-order valence-electron chi connectivity index (χ1n) is 2.11. The van der Waals surface area contributed by atoms with Crippen LogP contribution in [0, 0.1) is 0 Å². The molecule has 2 radical (unpaired) electrons. The van der Waals surface area contributed by atoms with Crippen LogP contribution in [0.1, 0.15) is 6.42 Å². The van der Waals surface area contributed by atoms with Crippen molar-refractivity contribution in [2.45, 2.75) is 6.42 Å². The van der Waals surface area contributed by atoms with Gasteiger partial charge in [0.15, 0.2) is 0 Å². The Bertz CT molecular complexity index is 116. The minimum absolute atomic E-state index is 1.08. The van der Waals surface area contributed by atoms with E-state index in [1.54, 1.807) is 0 Å². The van der Waals surface area contributed by atoms with E-state index in [1.807, 2.05) is 6.08 Å². The third kappa shape index (κ3) is 2.78. The van der Waals surface area contributed by atoms with Gasteiger partial charge in [-0.15, -0.1) is 0 Å². The summed E-state index contributed by atoms with van der Waals surface area (Å²) in [5, 5.41) is 0. The zero-order chi connectivity index (χ0) is 6.41. The van der Waals surface area contributed by atoms with Crippen LogP contribution in [0.3, 0.4) is 0 Å². The molecule has 0 amide bonds. The fourth-order valence-corrected chi connectivity index (χ4v) is 0.674. The molecule has 0 N–H and O–H groups in total. The number of rotatable bonds is 0. The monoisotopic (exact) mass is 148 g/mol. The van der Waals surface area contributed by atoms with Gasteiger partial charge in [-0.05, 0) is 0 Å². The fraction of sp³-hybridized carbons (Fsp3) is 0.167. The van der Waals surface area contributed by atoms with Crippen molar-refractivity contribution in [1.82, 2.24) is 0 Å². The van der Waals surface area contributed by atoms with Crippen molar-refractivity contribution in [3.05, 3.63) is 22.7 Å². The first-order chi connectivity index (χ1) is 3.89. The Labute approximate surface area is 57.3 Å². The van der Waals surface area contributed by atoms with E-state index < -0.39 is 0 Å². The molecule has 0 unspecified atom stereocenters. The summed E-state index contributed by atoms with van der Waals surface area (Å²) in [5.41, 5.74) is 0. The standard InChI is InChI=1S/C5H5.CO.Mn/c1-2-4-5-3-1;1-2;/h1-3H,4H2;;. The van der Waals surface area contributed by atoms with Gasteiger partial charge in [-0.25, -0.2) is 0 Å². The zero-order valence-electron chi connectivity index (χ0n) is 4.23. The van der Waals surface area contributed by atoms with Gasteiger partial charge >= 0.3 is 45.1 Å². The molecule has 0 aliphatic heterocycles. The molecule has 0 heterocycles. The number of hydrogen-bond donors (Lipinski definition) is 0. The van der Waals surface area contributed by atoms with Gasteiger partial charge in [0.2, 0.25) is 0 Å². The van der Waals surface area contributed by atoms with E-state index in [0.717, 1.165) is 6.42 Å². The minimum atomic E-state index is 1.08. The second-order valence-corrected chi connectivity index (χ2v) is 2.00. The molecule has 0 aromatic carbocycles. The average molecular weight is 148 g/mol. The summed E-state index contributed by atoms with van der Waals surface area (Å²) in [6.07, 6.45) is 7.30. The van der Waals surface area contributed by atoms with E-state index in [9.17, 15) is 0 Å². The van der Waals surface area contributed by atoms with Crippen LogP contribution in [-0.4, -0.2) is 6.79 Å². The molecule has 0 spiro atoms.